The Morgan fingerprint density at radius 3 is 2.04 bits per heavy atom. The minimum absolute atomic E-state index is 0.0559. The van der Waals surface area contributed by atoms with E-state index in [0.29, 0.717) is 11.3 Å². The number of nitrogens with zero attached hydrogens (tertiary/aromatic N) is 2. The van der Waals surface area contributed by atoms with Gasteiger partial charge >= 0.3 is 0 Å². The summed E-state index contributed by atoms with van der Waals surface area (Å²) < 4.78 is 25.3. The number of fused-ring (bicyclic) bond motifs is 4. The second kappa shape index (κ2) is 11.2. The van der Waals surface area contributed by atoms with E-state index in [9.17, 15) is 28.7 Å². The van der Waals surface area contributed by atoms with Crippen molar-refractivity contribution in [2.75, 3.05) is 24.0 Å². The van der Waals surface area contributed by atoms with Gasteiger partial charge in [-0.2, -0.15) is 0 Å². The predicted octanol–water partition coefficient (Wildman–Crippen LogP) is 5.96. The first kappa shape index (κ1) is 31.9. The number of carbonyl (C=O) groups is 4. The van der Waals surface area contributed by atoms with Crippen LogP contribution in [0.5, 0.6) is 17.2 Å². The van der Waals surface area contributed by atoms with E-state index >= 15 is 0 Å². The number of phenolic OH excluding ortho intramolecular Hbond substituents is 1. The standard InChI is InChI=1S/C36H29Cl2FN2O7/c1-4-18-5-9-20(10-6-18)40-31(43)24-14-13-23-25(28(24)32(40)44)17-35(37)33(45)41(21-11-7-19(39)8-12-21)34(46)36(35,38)30(23)29-26(47-2)15-22(42)16-27(29)48-3/h4-13,15-16,24-25,28,30,42H,1,14,17H2,2-3H3. The summed E-state index contributed by atoms with van der Waals surface area (Å²) in [5.74, 6) is -6.92. The van der Waals surface area contributed by atoms with Crippen LogP contribution < -0.4 is 19.3 Å². The molecule has 0 radical (unpaired) electrons. The molecule has 2 aliphatic carbocycles. The van der Waals surface area contributed by atoms with E-state index in [2.05, 4.69) is 6.58 Å². The number of imide groups is 2. The number of hydrogen-bond donors (Lipinski definition) is 1. The van der Waals surface area contributed by atoms with Crippen LogP contribution in [0.3, 0.4) is 0 Å². The quantitative estimate of drug-likeness (QED) is 0.193. The largest absolute Gasteiger partial charge is 0.508 e. The highest BCUT2D eigenvalue weighted by atomic mass is 35.5. The summed E-state index contributed by atoms with van der Waals surface area (Å²) in [6.45, 7) is 3.75. The van der Waals surface area contributed by atoms with Gasteiger partial charge in [0, 0.05) is 23.6 Å². The van der Waals surface area contributed by atoms with Crippen molar-refractivity contribution in [3.05, 3.63) is 95.8 Å². The van der Waals surface area contributed by atoms with Gasteiger partial charge in [-0.15, -0.1) is 23.2 Å². The van der Waals surface area contributed by atoms with Gasteiger partial charge in [-0.3, -0.25) is 24.1 Å². The highest BCUT2D eigenvalue weighted by Gasteiger charge is 2.77. The van der Waals surface area contributed by atoms with E-state index < -0.39 is 62.9 Å². The molecule has 3 aromatic rings. The van der Waals surface area contributed by atoms with E-state index in [1.54, 1.807) is 36.4 Å². The van der Waals surface area contributed by atoms with Crippen molar-refractivity contribution in [2.45, 2.75) is 28.5 Å². The Balaban J connectivity index is 1.43. The Hall–Kier alpha value is -4.67. The summed E-state index contributed by atoms with van der Waals surface area (Å²) in [5, 5.41) is 10.5. The van der Waals surface area contributed by atoms with Crippen LogP contribution in [0.2, 0.25) is 0 Å². The summed E-state index contributed by atoms with van der Waals surface area (Å²) in [7, 11) is 2.72. The number of benzene rings is 3. The molecule has 0 bridgehead atoms. The number of hydrogen-bond acceptors (Lipinski definition) is 7. The molecular formula is C36H29Cl2FN2O7. The van der Waals surface area contributed by atoms with Gasteiger partial charge in [0.2, 0.25) is 11.8 Å². The van der Waals surface area contributed by atoms with Gasteiger partial charge in [0.25, 0.3) is 11.8 Å². The molecule has 3 aromatic carbocycles. The number of anilines is 2. The normalized spacial score (nSPS) is 29.3. The Labute approximate surface area is 285 Å². The number of carbonyl (C=O) groups excluding carboxylic acids is 4. The molecule has 246 valence electrons. The van der Waals surface area contributed by atoms with Gasteiger partial charge in [-0.1, -0.05) is 36.4 Å². The van der Waals surface area contributed by atoms with Crippen molar-refractivity contribution in [2.24, 2.45) is 17.8 Å². The zero-order chi connectivity index (χ0) is 34.3. The number of rotatable bonds is 6. The average molecular weight is 692 g/mol. The van der Waals surface area contributed by atoms with E-state index in [4.69, 9.17) is 32.7 Å². The number of aromatic hydroxyl groups is 1. The Morgan fingerprint density at radius 2 is 1.46 bits per heavy atom. The molecule has 1 saturated carbocycles. The maximum absolute atomic E-state index is 14.6. The third-order valence-electron chi connectivity index (χ3n) is 10.1. The number of phenols is 1. The van der Waals surface area contributed by atoms with Crippen molar-refractivity contribution in [1.29, 1.82) is 0 Å². The predicted molar refractivity (Wildman–Crippen MR) is 177 cm³/mol. The lowest BCUT2D eigenvalue weighted by Crippen LogP contribution is -2.60. The molecule has 0 aromatic heterocycles. The highest BCUT2D eigenvalue weighted by molar-refractivity contribution is 6.58. The molecule has 7 rings (SSSR count). The van der Waals surface area contributed by atoms with Gasteiger partial charge in [-0.25, -0.2) is 9.29 Å². The number of alkyl halides is 2. The van der Waals surface area contributed by atoms with Crippen LogP contribution in [0.1, 0.15) is 29.9 Å². The van der Waals surface area contributed by atoms with Crippen LogP contribution in [0.25, 0.3) is 6.08 Å². The van der Waals surface area contributed by atoms with Gasteiger partial charge in [0.15, 0.2) is 9.75 Å². The van der Waals surface area contributed by atoms with Crippen LogP contribution in [0.4, 0.5) is 15.8 Å². The molecule has 4 aliphatic rings. The lowest BCUT2D eigenvalue weighted by molar-refractivity contribution is -0.125. The zero-order valence-corrected chi connectivity index (χ0v) is 27.3. The summed E-state index contributed by atoms with van der Waals surface area (Å²) in [6, 6.07) is 14.2. The molecule has 9 nitrogen and oxygen atoms in total. The van der Waals surface area contributed by atoms with E-state index in [1.807, 2.05) is 0 Å². The molecule has 3 fully saturated rings. The molecule has 12 heteroatoms. The number of amides is 4. The summed E-state index contributed by atoms with van der Waals surface area (Å²) >= 11 is 14.9. The topological polar surface area (TPSA) is 113 Å². The molecule has 2 saturated heterocycles. The first-order chi connectivity index (χ1) is 22.9. The van der Waals surface area contributed by atoms with Crippen molar-refractivity contribution in [3.63, 3.8) is 0 Å². The van der Waals surface area contributed by atoms with Crippen molar-refractivity contribution < 1.29 is 38.1 Å². The molecule has 6 atom stereocenters. The van der Waals surface area contributed by atoms with Crippen molar-refractivity contribution in [3.8, 4) is 17.2 Å². The Morgan fingerprint density at radius 1 is 0.875 bits per heavy atom. The molecule has 0 spiro atoms. The third-order valence-corrected chi connectivity index (χ3v) is 11.5. The van der Waals surface area contributed by atoms with Gasteiger partial charge in [0.1, 0.15) is 23.1 Å². The molecular weight excluding hydrogens is 662 g/mol. The fourth-order valence-corrected chi connectivity index (χ4v) is 8.86. The molecule has 2 heterocycles. The maximum Gasteiger partial charge on any atom is 0.258 e. The average Bonchev–Trinajstić information content (AvgIpc) is 3.42. The van der Waals surface area contributed by atoms with Crippen LogP contribution in [-0.4, -0.2) is 52.7 Å². The van der Waals surface area contributed by atoms with Gasteiger partial charge < -0.3 is 14.6 Å². The van der Waals surface area contributed by atoms with E-state index in [-0.39, 0.29) is 41.3 Å². The third kappa shape index (κ3) is 4.21. The van der Waals surface area contributed by atoms with Crippen LogP contribution in [0, 0.1) is 23.6 Å². The molecule has 1 N–H and O–H groups in total. The van der Waals surface area contributed by atoms with Gasteiger partial charge in [0.05, 0.1) is 37.4 Å². The van der Waals surface area contributed by atoms with E-state index in [1.165, 1.54) is 38.5 Å². The summed E-state index contributed by atoms with van der Waals surface area (Å²) in [5.41, 5.74) is 1.99. The number of allylic oxidation sites excluding steroid dienone is 2. The minimum Gasteiger partial charge on any atom is -0.508 e. The first-order valence-corrected chi connectivity index (χ1v) is 15.9. The first-order valence-electron chi connectivity index (χ1n) is 15.2. The highest BCUT2D eigenvalue weighted by Crippen LogP contribution is 2.67. The lowest BCUT2D eigenvalue weighted by atomic mass is 9.56. The maximum atomic E-state index is 14.6. The summed E-state index contributed by atoms with van der Waals surface area (Å²) in [6.07, 6.45) is 3.33. The second-order valence-corrected chi connectivity index (χ2v) is 13.6. The zero-order valence-electron chi connectivity index (χ0n) is 25.8. The smallest absolute Gasteiger partial charge is 0.258 e. The summed E-state index contributed by atoms with van der Waals surface area (Å²) in [4.78, 5) is 55.0. The Bertz CT molecular complexity index is 1920. The second-order valence-electron chi connectivity index (χ2n) is 12.3. The van der Waals surface area contributed by atoms with Crippen molar-refractivity contribution >= 4 is 64.3 Å². The van der Waals surface area contributed by atoms with Gasteiger partial charge in [-0.05, 0) is 60.7 Å². The lowest BCUT2D eigenvalue weighted by Gasteiger charge is -2.51. The van der Waals surface area contributed by atoms with Crippen LogP contribution in [0.15, 0.2) is 78.9 Å². The monoisotopic (exact) mass is 690 g/mol. The Kier molecular flexibility index (Phi) is 7.45. The van der Waals surface area contributed by atoms with E-state index in [0.717, 1.165) is 27.5 Å². The molecule has 48 heavy (non-hydrogen) atoms. The molecule has 4 amide bonds. The van der Waals surface area contributed by atoms with Crippen LogP contribution in [-0.2, 0) is 19.2 Å². The SMILES string of the molecule is C=Cc1ccc(N2C(=O)C3CC=C4C(CC5(Cl)C(=O)N(c6ccc(F)cc6)C(=O)C5(Cl)C4c4c(OC)cc(O)cc4OC)C3C2=O)cc1. The van der Waals surface area contributed by atoms with Crippen LogP contribution >= 0.6 is 23.2 Å². The number of ether oxygens (including phenoxy) is 2. The molecule has 6 unspecified atom stereocenters. The molecule has 2 aliphatic heterocycles. The minimum atomic E-state index is -2.21. The number of methoxy groups -OCH3 is 2. The fraction of sp³-hybridized carbons (Fsp3) is 0.278. The number of halogens is 3. The fourth-order valence-electron chi connectivity index (χ4n) is 7.94. The van der Waals surface area contributed by atoms with Crippen molar-refractivity contribution in [1.82, 2.24) is 0 Å².